The van der Waals surface area contributed by atoms with Crippen molar-refractivity contribution in [2.45, 2.75) is 45.7 Å². The highest BCUT2D eigenvalue weighted by atomic mass is 16.8. The van der Waals surface area contributed by atoms with Crippen molar-refractivity contribution in [2.24, 2.45) is 0 Å². The van der Waals surface area contributed by atoms with Crippen LogP contribution in [0.3, 0.4) is 0 Å². The van der Waals surface area contributed by atoms with Crippen molar-refractivity contribution in [3.8, 4) is 0 Å². The van der Waals surface area contributed by atoms with E-state index in [1.807, 2.05) is 0 Å². The molecule has 0 bridgehead atoms. The van der Waals surface area contributed by atoms with E-state index in [1.54, 1.807) is 27.7 Å². The van der Waals surface area contributed by atoms with Crippen molar-refractivity contribution in [3.63, 3.8) is 0 Å². The Morgan fingerprint density at radius 1 is 1.29 bits per heavy atom. The zero-order chi connectivity index (χ0) is 13.1. The average molecular weight is 242 g/mol. The Hall–Kier alpha value is -1.20. The van der Waals surface area contributed by atoms with Gasteiger partial charge in [0.25, 0.3) is 0 Å². The van der Waals surface area contributed by atoms with E-state index in [9.17, 15) is 9.59 Å². The molecular formula is C12H18O5. The molecule has 0 aromatic heterocycles. The van der Waals surface area contributed by atoms with Crippen LogP contribution in [0.25, 0.3) is 0 Å². The smallest absolute Gasteiger partial charge is 0.330 e. The van der Waals surface area contributed by atoms with Crippen LogP contribution in [0.5, 0.6) is 0 Å². The SMILES string of the molecule is CCOC(=O)/C=C/C(=O)[C@@H]1OC(C)(C)O[C@H]1C. The Bertz CT molecular complexity index is 332. The molecular weight excluding hydrogens is 224 g/mol. The second-order valence-corrected chi connectivity index (χ2v) is 4.25. The largest absolute Gasteiger partial charge is 0.463 e. The van der Waals surface area contributed by atoms with Crippen LogP contribution < -0.4 is 0 Å². The normalized spacial score (nSPS) is 27.3. The van der Waals surface area contributed by atoms with Crippen molar-refractivity contribution in [2.75, 3.05) is 6.61 Å². The van der Waals surface area contributed by atoms with Crippen LogP contribution in [0.2, 0.25) is 0 Å². The van der Waals surface area contributed by atoms with Gasteiger partial charge in [-0.15, -0.1) is 0 Å². The molecule has 0 saturated carbocycles. The van der Waals surface area contributed by atoms with E-state index in [0.29, 0.717) is 0 Å². The molecule has 5 nitrogen and oxygen atoms in total. The molecule has 0 aromatic rings. The van der Waals surface area contributed by atoms with Gasteiger partial charge in [-0.2, -0.15) is 0 Å². The number of rotatable bonds is 4. The van der Waals surface area contributed by atoms with Gasteiger partial charge in [-0.1, -0.05) is 0 Å². The second-order valence-electron chi connectivity index (χ2n) is 4.25. The highest BCUT2D eigenvalue weighted by molar-refractivity contribution is 5.98. The Labute approximate surface area is 101 Å². The summed E-state index contributed by atoms with van der Waals surface area (Å²) in [7, 11) is 0. The average Bonchev–Trinajstić information content (AvgIpc) is 2.49. The standard InChI is InChI=1S/C12H18O5/c1-5-15-10(14)7-6-9(13)11-8(2)16-12(3,4)17-11/h6-8,11H,5H2,1-4H3/b7-6+/t8-,11+/m0/s1. The molecule has 0 amide bonds. The molecule has 0 aromatic carbocycles. The molecule has 1 aliphatic rings. The third-order valence-electron chi connectivity index (χ3n) is 2.26. The fourth-order valence-electron chi connectivity index (χ4n) is 1.66. The molecule has 0 aliphatic carbocycles. The first-order valence-electron chi connectivity index (χ1n) is 5.60. The van der Waals surface area contributed by atoms with Crippen LogP contribution >= 0.6 is 0 Å². The van der Waals surface area contributed by atoms with Gasteiger partial charge in [-0.25, -0.2) is 4.79 Å². The van der Waals surface area contributed by atoms with Crippen molar-refractivity contribution in [1.82, 2.24) is 0 Å². The van der Waals surface area contributed by atoms with Crippen molar-refractivity contribution in [3.05, 3.63) is 12.2 Å². The fraction of sp³-hybridized carbons (Fsp3) is 0.667. The van der Waals surface area contributed by atoms with Crippen LogP contribution in [0, 0.1) is 0 Å². The van der Waals surface area contributed by atoms with E-state index in [4.69, 9.17) is 9.47 Å². The monoisotopic (exact) mass is 242 g/mol. The van der Waals surface area contributed by atoms with E-state index in [0.717, 1.165) is 6.08 Å². The number of ketones is 1. The van der Waals surface area contributed by atoms with Crippen LogP contribution in [-0.2, 0) is 23.8 Å². The zero-order valence-electron chi connectivity index (χ0n) is 10.6. The predicted molar refractivity (Wildman–Crippen MR) is 60.3 cm³/mol. The van der Waals surface area contributed by atoms with Crippen molar-refractivity contribution in [1.29, 1.82) is 0 Å². The topological polar surface area (TPSA) is 61.8 Å². The fourth-order valence-corrected chi connectivity index (χ4v) is 1.66. The molecule has 1 saturated heterocycles. The Balaban J connectivity index is 2.57. The number of hydrogen-bond acceptors (Lipinski definition) is 5. The highest BCUT2D eigenvalue weighted by Crippen LogP contribution is 2.28. The van der Waals surface area contributed by atoms with Crippen LogP contribution in [-0.4, -0.2) is 36.4 Å². The summed E-state index contributed by atoms with van der Waals surface area (Å²) >= 11 is 0. The van der Waals surface area contributed by atoms with Gasteiger partial charge in [-0.05, 0) is 33.8 Å². The van der Waals surface area contributed by atoms with Gasteiger partial charge in [0.15, 0.2) is 11.6 Å². The molecule has 1 heterocycles. The summed E-state index contributed by atoms with van der Waals surface area (Å²) in [5.41, 5.74) is 0. The third kappa shape index (κ3) is 3.94. The molecule has 2 atom stereocenters. The summed E-state index contributed by atoms with van der Waals surface area (Å²) < 4.78 is 15.6. The molecule has 1 aliphatic heterocycles. The Kier molecular flexibility index (Phi) is 4.42. The van der Waals surface area contributed by atoms with Crippen LogP contribution in [0.15, 0.2) is 12.2 Å². The number of esters is 1. The lowest BCUT2D eigenvalue weighted by Gasteiger charge is -2.15. The number of ether oxygens (including phenoxy) is 3. The minimum Gasteiger partial charge on any atom is -0.463 e. The maximum absolute atomic E-state index is 11.8. The molecule has 0 radical (unpaired) electrons. The molecule has 17 heavy (non-hydrogen) atoms. The van der Waals surface area contributed by atoms with E-state index in [-0.39, 0.29) is 18.5 Å². The number of carbonyl (C=O) groups is 2. The predicted octanol–water partition coefficient (Wildman–Crippen LogP) is 1.21. The van der Waals surface area contributed by atoms with Crippen molar-refractivity contribution >= 4 is 11.8 Å². The Morgan fingerprint density at radius 3 is 2.41 bits per heavy atom. The molecule has 0 unspecified atom stereocenters. The first-order valence-corrected chi connectivity index (χ1v) is 5.60. The third-order valence-corrected chi connectivity index (χ3v) is 2.26. The van der Waals surface area contributed by atoms with Gasteiger partial charge in [0, 0.05) is 6.08 Å². The zero-order valence-corrected chi connectivity index (χ0v) is 10.6. The lowest BCUT2D eigenvalue weighted by atomic mass is 10.1. The maximum atomic E-state index is 11.8. The first-order chi connectivity index (χ1) is 7.85. The number of carbonyl (C=O) groups excluding carboxylic acids is 2. The molecule has 0 spiro atoms. The maximum Gasteiger partial charge on any atom is 0.330 e. The minimum atomic E-state index is -0.766. The lowest BCUT2D eigenvalue weighted by Crippen LogP contribution is -2.28. The molecule has 1 fully saturated rings. The van der Waals surface area contributed by atoms with E-state index < -0.39 is 17.9 Å². The van der Waals surface area contributed by atoms with Gasteiger partial charge < -0.3 is 14.2 Å². The lowest BCUT2D eigenvalue weighted by molar-refractivity contribution is -0.152. The molecule has 0 N–H and O–H groups in total. The summed E-state index contributed by atoms with van der Waals surface area (Å²) in [6.45, 7) is 7.23. The summed E-state index contributed by atoms with van der Waals surface area (Å²) in [5.74, 6) is -1.60. The van der Waals surface area contributed by atoms with Gasteiger partial charge in [0.05, 0.1) is 12.7 Å². The summed E-state index contributed by atoms with van der Waals surface area (Å²) in [5, 5.41) is 0. The molecule has 1 rings (SSSR count). The van der Waals surface area contributed by atoms with Crippen molar-refractivity contribution < 1.29 is 23.8 Å². The number of hydrogen-bond donors (Lipinski definition) is 0. The van der Waals surface area contributed by atoms with E-state index in [2.05, 4.69) is 4.74 Å². The van der Waals surface area contributed by atoms with Gasteiger partial charge in [0.1, 0.15) is 6.10 Å². The van der Waals surface area contributed by atoms with Gasteiger partial charge in [0.2, 0.25) is 0 Å². The first kappa shape index (κ1) is 13.9. The van der Waals surface area contributed by atoms with Gasteiger partial charge >= 0.3 is 5.97 Å². The minimum absolute atomic E-state index is 0.282. The highest BCUT2D eigenvalue weighted by Gasteiger charge is 2.41. The van der Waals surface area contributed by atoms with Crippen LogP contribution in [0.4, 0.5) is 0 Å². The van der Waals surface area contributed by atoms with Gasteiger partial charge in [-0.3, -0.25) is 4.79 Å². The molecule has 5 heteroatoms. The van der Waals surface area contributed by atoms with E-state index in [1.165, 1.54) is 6.08 Å². The van der Waals surface area contributed by atoms with Crippen LogP contribution in [0.1, 0.15) is 27.7 Å². The quantitative estimate of drug-likeness (QED) is 0.548. The summed E-state index contributed by atoms with van der Waals surface area (Å²) in [6, 6.07) is 0. The molecule has 96 valence electrons. The second kappa shape index (κ2) is 5.42. The summed E-state index contributed by atoms with van der Waals surface area (Å²) in [4.78, 5) is 22.8. The Morgan fingerprint density at radius 2 is 1.94 bits per heavy atom. The van der Waals surface area contributed by atoms with E-state index >= 15 is 0 Å². The summed E-state index contributed by atoms with van der Waals surface area (Å²) in [6.07, 6.45) is 1.27.